The van der Waals surface area contributed by atoms with Crippen molar-refractivity contribution in [2.75, 3.05) is 46.9 Å². The lowest BCUT2D eigenvalue weighted by Gasteiger charge is -2.27. The number of likely N-dealkylation sites (tertiary alicyclic amines) is 1. The van der Waals surface area contributed by atoms with E-state index >= 15 is 0 Å². The maximum Gasteiger partial charge on any atom is 0.225 e. The van der Waals surface area contributed by atoms with E-state index in [0.29, 0.717) is 49.9 Å². The molecule has 2 fully saturated rings. The lowest BCUT2D eigenvalue weighted by Crippen LogP contribution is -2.49. The van der Waals surface area contributed by atoms with Crippen molar-refractivity contribution in [3.63, 3.8) is 0 Å². The Labute approximate surface area is 154 Å². The van der Waals surface area contributed by atoms with E-state index in [2.05, 4.69) is 10.6 Å². The largest absolute Gasteiger partial charge is 0.493 e. The minimum atomic E-state index is -0.235. The molecule has 0 aromatic heterocycles. The Hall–Kier alpha value is -2.28. The molecule has 2 heterocycles. The predicted octanol–water partition coefficient (Wildman–Crippen LogP) is 0.430. The smallest absolute Gasteiger partial charge is 0.225 e. The van der Waals surface area contributed by atoms with Crippen LogP contribution in [0.4, 0.5) is 0 Å². The van der Waals surface area contributed by atoms with E-state index in [9.17, 15) is 9.59 Å². The topological polar surface area (TPSA) is 79.9 Å². The number of carbonyl (C=O) groups excluding carboxylic acids is 2. The van der Waals surface area contributed by atoms with Gasteiger partial charge in [0.2, 0.25) is 11.8 Å². The Morgan fingerprint density at radius 2 is 2.04 bits per heavy atom. The van der Waals surface area contributed by atoms with Crippen molar-refractivity contribution in [2.24, 2.45) is 11.8 Å². The number of benzene rings is 1. The van der Waals surface area contributed by atoms with Gasteiger partial charge in [0.25, 0.3) is 0 Å². The van der Waals surface area contributed by atoms with Crippen molar-refractivity contribution < 1.29 is 19.1 Å². The van der Waals surface area contributed by atoms with E-state index in [1.807, 2.05) is 18.2 Å². The molecule has 0 spiro atoms. The number of carbonyl (C=O) groups is 2. The van der Waals surface area contributed by atoms with E-state index in [1.165, 1.54) is 0 Å². The van der Waals surface area contributed by atoms with Crippen molar-refractivity contribution in [1.82, 2.24) is 15.5 Å². The van der Waals surface area contributed by atoms with Crippen molar-refractivity contribution in [3.05, 3.63) is 23.8 Å². The second-order valence-corrected chi connectivity index (χ2v) is 6.95. The highest BCUT2D eigenvalue weighted by atomic mass is 16.5. The van der Waals surface area contributed by atoms with Gasteiger partial charge in [-0.25, -0.2) is 0 Å². The standard InChI is InChI=1S/C19H27N3O4/c1-25-16-4-3-13(7-17(16)26-2)5-6-22-12-15(8-18(22)23)19(24)21-11-14-9-20-10-14/h3-4,7,14-15,20H,5-6,8-12H2,1-2H3,(H,21,24). The summed E-state index contributed by atoms with van der Waals surface area (Å²) in [6.07, 6.45) is 1.02. The summed E-state index contributed by atoms with van der Waals surface area (Å²) in [6, 6.07) is 5.76. The molecule has 26 heavy (non-hydrogen) atoms. The lowest BCUT2D eigenvalue weighted by molar-refractivity contribution is -0.129. The molecule has 0 saturated carbocycles. The van der Waals surface area contributed by atoms with Gasteiger partial charge < -0.3 is 25.0 Å². The average Bonchev–Trinajstić information content (AvgIpc) is 2.99. The number of hydrogen-bond acceptors (Lipinski definition) is 5. The van der Waals surface area contributed by atoms with Crippen LogP contribution >= 0.6 is 0 Å². The van der Waals surface area contributed by atoms with Crippen LogP contribution in [0.2, 0.25) is 0 Å². The Morgan fingerprint density at radius 3 is 2.69 bits per heavy atom. The lowest BCUT2D eigenvalue weighted by atomic mass is 10.0. The van der Waals surface area contributed by atoms with Crippen molar-refractivity contribution in [2.45, 2.75) is 12.8 Å². The molecule has 2 aliphatic heterocycles. The third-order valence-corrected chi connectivity index (χ3v) is 5.13. The summed E-state index contributed by atoms with van der Waals surface area (Å²) in [4.78, 5) is 26.3. The molecule has 3 rings (SSSR count). The van der Waals surface area contributed by atoms with Crippen LogP contribution in [-0.4, -0.2) is 63.7 Å². The van der Waals surface area contributed by atoms with Crippen LogP contribution in [0, 0.1) is 11.8 Å². The van der Waals surface area contributed by atoms with Crippen LogP contribution in [0.1, 0.15) is 12.0 Å². The van der Waals surface area contributed by atoms with Crippen molar-refractivity contribution in [3.8, 4) is 11.5 Å². The molecule has 2 N–H and O–H groups in total. The van der Waals surface area contributed by atoms with Crippen LogP contribution in [0.15, 0.2) is 18.2 Å². The number of rotatable bonds is 8. The zero-order valence-corrected chi connectivity index (χ0v) is 15.4. The first kappa shape index (κ1) is 18.5. The molecule has 1 aromatic carbocycles. The molecule has 7 heteroatoms. The number of methoxy groups -OCH3 is 2. The number of nitrogens with zero attached hydrogens (tertiary/aromatic N) is 1. The highest BCUT2D eigenvalue weighted by molar-refractivity contribution is 5.89. The summed E-state index contributed by atoms with van der Waals surface area (Å²) >= 11 is 0. The van der Waals surface area contributed by atoms with Crippen LogP contribution in [0.3, 0.4) is 0 Å². The van der Waals surface area contributed by atoms with Gasteiger partial charge in [-0.05, 0) is 24.1 Å². The molecular formula is C19H27N3O4. The highest BCUT2D eigenvalue weighted by Gasteiger charge is 2.34. The van der Waals surface area contributed by atoms with E-state index in [4.69, 9.17) is 9.47 Å². The SMILES string of the molecule is COc1ccc(CCN2CC(C(=O)NCC3CNC3)CC2=O)cc1OC. The van der Waals surface area contributed by atoms with E-state index in [1.54, 1.807) is 19.1 Å². The first-order chi connectivity index (χ1) is 12.6. The maximum atomic E-state index is 12.3. The molecule has 142 valence electrons. The van der Waals surface area contributed by atoms with Crippen LogP contribution in [0.25, 0.3) is 0 Å². The molecule has 0 bridgehead atoms. The Kier molecular flexibility index (Phi) is 5.98. The molecule has 0 aliphatic carbocycles. The van der Waals surface area contributed by atoms with E-state index < -0.39 is 0 Å². The zero-order chi connectivity index (χ0) is 18.5. The maximum absolute atomic E-state index is 12.3. The number of nitrogens with one attached hydrogen (secondary N) is 2. The highest BCUT2D eigenvalue weighted by Crippen LogP contribution is 2.28. The Bertz CT molecular complexity index is 660. The molecule has 2 saturated heterocycles. The first-order valence-corrected chi connectivity index (χ1v) is 9.07. The molecule has 2 aliphatic rings. The fourth-order valence-electron chi connectivity index (χ4n) is 3.35. The van der Waals surface area contributed by atoms with Gasteiger partial charge in [-0.15, -0.1) is 0 Å². The quantitative estimate of drug-likeness (QED) is 0.702. The van der Waals surface area contributed by atoms with Gasteiger partial charge in [0.05, 0.1) is 20.1 Å². The molecule has 1 unspecified atom stereocenters. The van der Waals surface area contributed by atoms with Gasteiger partial charge in [0.1, 0.15) is 0 Å². The van der Waals surface area contributed by atoms with Crippen LogP contribution in [-0.2, 0) is 16.0 Å². The summed E-state index contributed by atoms with van der Waals surface area (Å²) < 4.78 is 10.6. The second-order valence-electron chi connectivity index (χ2n) is 6.95. The van der Waals surface area contributed by atoms with Gasteiger partial charge in [-0.2, -0.15) is 0 Å². The second kappa shape index (κ2) is 8.40. The van der Waals surface area contributed by atoms with Crippen molar-refractivity contribution >= 4 is 11.8 Å². The fourth-order valence-corrected chi connectivity index (χ4v) is 3.35. The molecule has 0 radical (unpaired) electrons. The number of amides is 2. The van der Waals surface area contributed by atoms with Gasteiger partial charge in [0.15, 0.2) is 11.5 Å². The molecule has 1 aromatic rings. The third-order valence-electron chi connectivity index (χ3n) is 5.13. The van der Waals surface area contributed by atoms with Crippen LogP contribution < -0.4 is 20.1 Å². The molecular weight excluding hydrogens is 334 g/mol. The Morgan fingerprint density at radius 1 is 1.27 bits per heavy atom. The van der Waals surface area contributed by atoms with Gasteiger partial charge in [-0.1, -0.05) is 6.07 Å². The van der Waals surface area contributed by atoms with Gasteiger partial charge in [0, 0.05) is 45.1 Å². The van der Waals surface area contributed by atoms with Crippen LogP contribution in [0.5, 0.6) is 11.5 Å². The van der Waals surface area contributed by atoms with Crippen molar-refractivity contribution in [1.29, 1.82) is 0 Å². The van der Waals surface area contributed by atoms with Gasteiger partial charge >= 0.3 is 0 Å². The monoisotopic (exact) mass is 361 g/mol. The molecule has 2 amide bonds. The minimum absolute atomic E-state index is 0.00105. The zero-order valence-electron chi connectivity index (χ0n) is 15.4. The molecule has 1 atom stereocenters. The van der Waals surface area contributed by atoms with E-state index in [-0.39, 0.29) is 17.7 Å². The summed E-state index contributed by atoms with van der Waals surface area (Å²) in [5.74, 6) is 1.71. The summed E-state index contributed by atoms with van der Waals surface area (Å²) in [5, 5.41) is 6.17. The normalized spacial score (nSPS) is 20.0. The first-order valence-electron chi connectivity index (χ1n) is 9.07. The van der Waals surface area contributed by atoms with Gasteiger partial charge in [-0.3, -0.25) is 9.59 Å². The summed E-state index contributed by atoms with van der Waals surface area (Å²) in [6.45, 7) is 3.72. The summed E-state index contributed by atoms with van der Waals surface area (Å²) in [7, 11) is 3.21. The minimum Gasteiger partial charge on any atom is -0.493 e. The third kappa shape index (κ3) is 4.27. The van der Waals surface area contributed by atoms with E-state index in [0.717, 1.165) is 18.7 Å². The predicted molar refractivity (Wildman–Crippen MR) is 97.3 cm³/mol. The summed E-state index contributed by atoms with van der Waals surface area (Å²) in [5.41, 5.74) is 1.07. The average molecular weight is 361 g/mol. The molecule has 7 nitrogen and oxygen atoms in total. The Balaban J connectivity index is 1.49. The number of ether oxygens (including phenoxy) is 2. The number of hydrogen-bond donors (Lipinski definition) is 2. The fraction of sp³-hybridized carbons (Fsp3) is 0.579.